The van der Waals surface area contributed by atoms with Crippen LogP contribution in [0, 0.1) is 5.41 Å². The van der Waals surface area contributed by atoms with Gasteiger partial charge >= 0.3 is 0 Å². The van der Waals surface area contributed by atoms with Crippen molar-refractivity contribution < 1.29 is 9.47 Å². The van der Waals surface area contributed by atoms with E-state index in [9.17, 15) is 0 Å². The lowest BCUT2D eigenvalue weighted by Gasteiger charge is -2.55. The zero-order valence-corrected chi connectivity index (χ0v) is 12.6. The molecule has 2 aliphatic rings. The number of hydrogen-bond donors (Lipinski definition) is 1. The summed E-state index contributed by atoms with van der Waals surface area (Å²) < 4.78 is 10.8. The van der Waals surface area contributed by atoms with E-state index in [2.05, 4.69) is 26.0 Å². The van der Waals surface area contributed by atoms with Crippen LogP contribution in [0.15, 0.2) is 18.2 Å². The molecule has 3 nitrogen and oxygen atoms in total. The molecular formula is C17H25NO2. The number of ether oxygens (including phenoxy) is 2. The van der Waals surface area contributed by atoms with E-state index in [1.165, 1.54) is 31.2 Å². The monoisotopic (exact) mass is 275 g/mol. The lowest BCUT2D eigenvalue weighted by molar-refractivity contribution is 0.00613. The molecule has 0 radical (unpaired) electrons. The molecule has 1 aliphatic heterocycles. The summed E-state index contributed by atoms with van der Waals surface area (Å²) in [5.41, 5.74) is 8.15. The SMILES string of the molecule is CCCC1(CCC)CC(N)(c2ccc3c(c2)OCO3)C1. The Morgan fingerprint density at radius 1 is 1.05 bits per heavy atom. The molecule has 110 valence electrons. The number of benzene rings is 1. The first-order valence-electron chi connectivity index (χ1n) is 7.80. The predicted octanol–water partition coefficient (Wildman–Crippen LogP) is 3.95. The van der Waals surface area contributed by atoms with Gasteiger partial charge in [0.2, 0.25) is 6.79 Å². The molecule has 2 N–H and O–H groups in total. The minimum Gasteiger partial charge on any atom is -0.454 e. The molecule has 0 aromatic heterocycles. The molecule has 0 atom stereocenters. The van der Waals surface area contributed by atoms with Crippen molar-refractivity contribution in [2.24, 2.45) is 11.1 Å². The van der Waals surface area contributed by atoms with Crippen molar-refractivity contribution in [2.45, 2.75) is 57.9 Å². The van der Waals surface area contributed by atoms with Crippen molar-refractivity contribution >= 4 is 0 Å². The van der Waals surface area contributed by atoms with Crippen LogP contribution in [-0.2, 0) is 5.54 Å². The fourth-order valence-corrected chi connectivity index (χ4v) is 4.24. The van der Waals surface area contributed by atoms with E-state index in [4.69, 9.17) is 15.2 Å². The van der Waals surface area contributed by atoms with Gasteiger partial charge in [0.1, 0.15) is 0 Å². The summed E-state index contributed by atoms with van der Waals surface area (Å²) in [6.07, 6.45) is 7.28. The summed E-state index contributed by atoms with van der Waals surface area (Å²) in [4.78, 5) is 0. The first-order chi connectivity index (χ1) is 9.61. The lowest BCUT2D eigenvalue weighted by Crippen LogP contribution is -2.55. The predicted molar refractivity (Wildman–Crippen MR) is 79.9 cm³/mol. The van der Waals surface area contributed by atoms with Gasteiger partial charge in [-0.05, 0) is 48.8 Å². The highest BCUT2D eigenvalue weighted by atomic mass is 16.7. The Balaban J connectivity index is 1.78. The number of nitrogens with two attached hydrogens (primary N) is 1. The Bertz CT molecular complexity index is 484. The first-order valence-corrected chi connectivity index (χ1v) is 7.80. The normalized spacial score (nSPS) is 21.6. The quantitative estimate of drug-likeness (QED) is 0.885. The van der Waals surface area contributed by atoms with Crippen LogP contribution in [0.2, 0.25) is 0 Å². The van der Waals surface area contributed by atoms with Crippen molar-refractivity contribution in [2.75, 3.05) is 6.79 Å². The van der Waals surface area contributed by atoms with E-state index >= 15 is 0 Å². The highest BCUT2D eigenvalue weighted by Gasteiger charge is 2.51. The molecule has 3 rings (SSSR count). The van der Waals surface area contributed by atoms with Crippen LogP contribution in [0.5, 0.6) is 11.5 Å². The number of hydrogen-bond acceptors (Lipinski definition) is 3. The summed E-state index contributed by atoms with van der Waals surface area (Å²) in [6.45, 7) is 4.87. The van der Waals surface area contributed by atoms with Crippen molar-refractivity contribution in [1.82, 2.24) is 0 Å². The third-order valence-corrected chi connectivity index (χ3v) is 4.89. The molecule has 20 heavy (non-hydrogen) atoms. The Kier molecular flexibility index (Phi) is 3.41. The van der Waals surface area contributed by atoms with Crippen LogP contribution < -0.4 is 15.2 Å². The average molecular weight is 275 g/mol. The maximum Gasteiger partial charge on any atom is 0.231 e. The fourth-order valence-electron chi connectivity index (χ4n) is 4.24. The molecular weight excluding hydrogens is 250 g/mol. The van der Waals surface area contributed by atoms with E-state index in [1.54, 1.807) is 0 Å². The Morgan fingerprint density at radius 2 is 1.70 bits per heavy atom. The molecule has 1 aromatic carbocycles. The maximum atomic E-state index is 6.66. The van der Waals surface area contributed by atoms with Gasteiger partial charge in [0.05, 0.1) is 0 Å². The van der Waals surface area contributed by atoms with Gasteiger partial charge in [0.25, 0.3) is 0 Å². The van der Waals surface area contributed by atoms with E-state index < -0.39 is 0 Å². The minimum absolute atomic E-state index is 0.175. The molecule has 1 fully saturated rings. The second-order valence-electron chi connectivity index (χ2n) is 6.58. The summed E-state index contributed by atoms with van der Waals surface area (Å²) in [7, 11) is 0. The van der Waals surface area contributed by atoms with Crippen molar-refractivity contribution in [3.05, 3.63) is 23.8 Å². The van der Waals surface area contributed by atoms with Gasteiger partial charge in [-0.25, -0.2) is 0 Å². The number of fused-ring (bicyclic) bond motifs is 1. The largest absolute Gasteiger partial charge is 0.454 e. The van der Waals surface area contributed by atoms with E-state index in [-0.39, 0.29) is 5.54 Å². The first kappa shape index (κ1) is 13.7. The topological polar surface area (TPSA) is 44.5 Å². The summed E-state index contributed by atoms with van der Waals surface area (Å²) >= 11 is 0. The van der Waals surface area contributed by atoms with Crippen LogP contribution in [0.3, 0.4) is 0 Å². The van der Waals surface area contributed by atoms with E-state index in [0.717, 1.165) is 24.3 Å². The number of rotatable bonds is 5. The molecule has 1 aliphatic carbocycles. The Morgan fingerprint density at radius 3 is 2.35 bits per heavy atom. The van der Waals surface area contributed by atoms with Gasteiger partial charge in [0.15, 0.2) is 11.5 Å². The molecule has 0 saturated heterocycles. The molecule has 0 amide bonds. The smallest absolute Gasteiger partial charge is 0.231 e. The third kappa shape index (κ3) is 2.18. The molecule has 1 aromatic rings. The second kappa shape index (κ2) is 4.96. The highest BCUT2D eigenvalue weighted by molar-refractivity contribution is 5.47. The molecule has 3 heteroatoms. The Hall–Kier alpha value is -1.22. The van der Waals surface area contributed by atoms with Gasteiger partial charge < -0.3 is 15.2 Å². The summed E-state index contributed by atoms with van der Waals surface area (Å²) in [5, 5.41) is 0. The van der Waals surface area contributed by atoms with Gasteiger partial charge in [-0.3, -0.25) is 0 Å². The molecule has 0 spiro atoms. The van der Waals surface area contributed by atoms with E-state index in [0.29, 0.717) is 12.2 Å². The molecule has 0 bridgehead atoms. The molecule has 1 saturated carbocycles. The fraction of sp³-hybridized carbons (Fsp3) is 0.647. The van der Waals surface area contributed by atoms with Crippen LogP contribution in [0.25, 0.3) is 0 Å². The van der Waals surface area contributed by atoms with Crippen LogP contribution >= 0.6 is 0 Å². The van der Waals surface area contributed by atoms with Crippen molar-refractivity contribution in [3.63, 3.8) is 0 Å². The molecule has 0 unspecified atom stereocenters. The third-order valence-electron chi connectivity index (χ3n) is 4.89. The standard InChI is InChI=1S/C17H25NO2/c1-3-7-16(8-4-2)10-17(18,11-16)13-5-6-14-15(9-13)20-12-19-14/h5-6,9H,3-4,7-8,10-12,18H2,1-2H3. The minimum atomic E-state index is -0.175. The second-order valence-corrected chi connectivity index (χ2v) is 6.58. The van der Waals surface area contributed by atoms with Crippen LogP contribution in [0.1, 0.15) is 57.9 Å². The van der Waals surface area contributed by atoms with Gasteiger partial charge in [-0.1, -0.05) is 32.8 Å². The molecule has 1 heterocycles. The summed E-state index contributed by atoms with van der Waals surface area (Å²) in [5.74, 6) is 1.68. The zero-order valence-electron chi connectivity index (χ0n) is 12.6. The maximum absolute atomic E-state index is 6.66. The zero-order chi connectivity index (χ0) is 14.2. The highest BCUT2D eigenvalue weighted by Crippen LogP contribution is 2.58. The van der Waals surface area contributed by atoms with Gasteiger partial charge in [0, 0.05) is 5.54 Å². The van der Waals surface area contributed by atoms with Crippen LogP contribution in [-0.4, -0.2) is 6.79 Å². The van der Waals surface area contributed by atoms with Gasteiger partial charge in [-0.2, -0.15) is 0 Å². The lowest BCUT2D eigenvalue weighted by atomic mass is 9.52. The van der Waals surface area contributed by atoms with Crippen molar-refractivity contribution in [1.29, 1.82) is 0 Å². The van der Waals surface area contributed by atoms with Crippen LogP contribution in [0.4, 0.5) is 0 Å². The van der Waals surface area contributed by atoms with Crippen molar-refractivity contribution in [3.8, 4) is 11.5 Å². The van der Waals surface area contributed by atoms with Gasteiger partial charge in [-0.15, -0.1) is 0 Å². The average Bonchev–Trinajstić information content (AvgIpc) is 2.84. The van der Waals surface area contributed by atoms with E-state index in [1.807, 2.05) is 6.07 Å². The Labute approximate surface area is 121 Å². The summed E-state index contributed by atoms with van der Waals surface area (Å²) in [6, 6.07) is 6.17.